The predicted octanol–water partition coefficient (Wildman–Crippen LogP) is 4.19. The third kappa shape index (κ3) is 5.18. The Morgan fingerprint density at radius 1 is 0.952 bits per heavy atom. The Labute approximate surface area is 130 Å². The van der Waals surface area contributed by atoms with Gasteiger partial charge in [0.15, 0.2) is 0 Å². The fourth-order valence-corrected chi connectivity index (χ4v) is 2.38. The van der Waals surface area contributed by atoms with E-state index in [0.717, 1.165) is 43.5 Å². The van der Waals surface area contributed by atoms with Crippen LogP contribution in [0.3, 0.4) is 0 Å². The smallest absolute Gasteiger partial charge is 0.137 e. The number of unbranched alkanes of at least 4 members (excludes halogenated alkanes) is 2. The molecular weight excluding hydrogens is 260 g/mol. The highest BCUT2D eigenvalue weighted by Crippen LogP contribution is 2.24. The molecule has 0 aliphatic rings. The zero-order valence-electron chi connectivity index (χ0n) is 14.5. The van der Waals surface area contributed by atoms with Gasteiger partial charge in [-0.1, -0.05) is 33.6 Å². The molecule has 0 aliphatic carbocycles. The number of nitrogens with zero attached hydrogens (tertiary/aromatic N) is 3. The normalized spacial score (nSPS) is 10.7. The van der Waals surface area contributed by atoms with Crippen molar-refractivity contribution in [2.75, 3.05) is 29.9 Å². The molecule has 120 valence electrons. The Kier molecular flexibility index (Phi) is 8.09. The van der Waals surface area contributed by atoms with Crippen molar-refractivity contribution in [2.24, 2.45) is 0 Å². The van der Waals surface area contributed by atoms with Gasteiger partial charge in [0, 0.05) is 31.6 Å². The molecule has 0 unspecified atom stereocenters. The zero-order valence-corrected chi connectivity index (χ0v) is 14.5. The molecule has 0 spiro atoms. The minimum atomic E-state index is 0.876. The van der Waals surface area contributed by atoms with Crippen LogP contribution in [0.1, 0.15) is 64.8 Å². The van der Waals surface area contributed by atoms with Crippen LogP contribution < -0.4 is 10.2 Å². The molecule has 0 radical (unpaired) electrons. The quantitative estimate of drug-likeness (QED) is 0.702. The number of hydrogen-bond donors (Lipinski definition) is 1. The molecule has 0 atom stereocenters. The first-order chi connectivity index (χ1) is 10.2. The second kappa shape index (κ2) is 9.59. The van der Waals surface area contributed by atoms with E-state index >= 15 is 0 Å². The van der Waals surface area contributed by atoms with Crippen molar-refractivity contribution in [1.82, 2.24) is 9.97 Å². The number of aromatic nitrogens is 2. The van der Waals surface area contributed by atoms with Crippen LogP contribution in [0.2, 0.25) is 0 Å². The van der Waals surface area contributed by atoms with Crippen LogP contribution in [0.25, 0.3) is 0 Å². The molecule has 0 saturated carbocycles. The largest absolute Gasteiger partial charge is 0.370 e. The van der Waals surface area contributed by atoms with E-state index in [-0.39, 0.29) is 0 Å². The van der Waals surface area contributed by atoms with Gasteiger partial charge in [-0.15, -0.1) is 0 Å². The molecule has 0 amide bonds. The SMILES string of the molecule is CCCCN(CCCC)c1nc(CC)nc(NCC)c1C. The number of nitrogens with one attached hydrogen (secondary N) is 1. The molecule has 0 saturated heterocycles. The summed E-state index contributed by atoms with van der Waals surface area (Å²) in [7, 11) is 0. The fourth-order valence-electron chi connectivity index (χ4n) is 2.38. The summed E-state index contributed by atoms with van der Waals surface area (Å²) < 4.78 is 0. The summed E-state index contributed by atoms with van der Waals surface area (Å²) in [5.41, 5.74) is 1.18. The van der Waals surface area contributed by atoms with Gasteiger partial charge in [0.05, 0.1) is 0 Å². The molecule has 1 aromatic rings. The van der Waals surface area contributed by atoms with E-state index in [1.54, 1.807) is 0 Å². The molecule has 0 aliphatic heterocycles. The van der Waals surface area contributed by atoms with E-state index < -0.39 is 0 Å². The highest BCUT2D eigenvalue weighted by atomic mass is 15.2. The van der Waals surface area contributed by atoms with Crippen LogP contribution in [-0.4, -0.2) is 29.6 Å². The van der Waals surface area contributed by atoms with Gasteiger partial charge >= 0.3 is 0 Å². The molecular formula is C17H32N4. The summed E-state index contributed by atoms with van der Waals surface area (Å²) in [6.07, 6.45) is 5.73. The number of rotatable bonds is 10. The maximum atomic E-state index is 4.81. The minimum Gasteiger partial charge on any atom is -0.370 e. The average molecular weight is 292 g/mol. The van der Waals surface area contributed by atoms with E-state index in [1.807, 2.05) is 0 Å². The topological polar surface area (TPSA) is 41.1 Å². The standard InChI is InChI=1S/C17H32N4/c1-6-10-12-21(13-11-7-2)17-14(5)16(18-9-4)19-15(8-3)20-17/h6-13H2,1-5H3,(H,18,19,20). The average Bonchev–Trinajstić information content (AvgIpc) is 2.50. The van der Waals surface area contributed by atoms with Crippen molar-refractivity contribution in [1.29, 1.82) is 0 Å². The first-order valence-corrected chi connectivity index (χ1v) is 8.54. The molecule has 1 rings (SSSR count). The Morgan fingerprint density at radius 3 is 2.05 bits per heavy atom. The third-order valence-corrected chi connectivity index (χ3v) is 3.69. The molecule has 1 heterocycles. The van der Waals surface area contributed by atoms with Gasteiger partial charge in [-0.3, -0.25) is 0 Å². The monoisotopic (exact) mass is 292 g/mol. The molecule has 1 N–H and O–H groups in total. The Balaban J connectivity index is 3.10. The number of hydrogen-bond acceptors (Lipinski definition) is 4. The van der Waals surface area contributed by atoms with Crippen LogP contribution in [0, 0.1) is 6.92 Å². The number of anilines is 2. The van der Waals surface area contributed by atoms with Gasteiger partial charge in [-0.25, -0.2) is 9.97 Å². The second-order valence-corrected chi connectivity index (χ2v) is 5.52. The summed E-state index contributed by atoms with van der Waals surface area (Å²) in [6, 6.07) is 0. The molecule has 4 nitrogen and oxygen atoms in total. The maximum Gasteiger partial charge on any atom is 0.137 e. The van der Waals surface area contributed by atoms with Gasteiger partial charge in [0.25, 0.3) is 0 Å². The Morgan fingerprint density at radius 2 is 1.57 bits per heavy atom. The van der Waals surface area contributed by atoms with Crippen LogP contribution in [0.4, 0.5) is 11.6 Å². The van der Waals surface area contributed by atoms with Crippen molar-refractivity contribution in [2.45, 2.75) is 66.7 Å². The molecule has 0 aromatic carbocycles. The van der Waals surface area contributed by atoms with Crippen molar-refractivity contribution in [3.63, 3.8) is 0 Å². The van der Waals surface area contributed by atoms with Crippen molar-refractivity contribution >= 4 is 11.6 Å². The highest BCUT2D eigenvalue weighted by Gasteiger charge is 2.15. The van der Waals surface area contributed by atoms with E-state index in [1.165, 1.54) is 31.2 Å². The summed E-state index contributed by atoms with van der Waals surface area (Å²) in [6.45, 7) is 13.9. The van der Waals surface area contributed by atoms with Gasteiger partial charge in [0.1, 0.15) is 17.5 Å². The van der Waals surface area contributed by atoms with Crippen molar-refractivity contribution in [3.05, 3.63) is 11.4 Å². The Bertz CT molecular complexity index is 409. The lowest BCUT2D eigenvalue weighted by atomic mass is 10.2. The van der Waals surface area contributed by atoms with E-state index in [0.29, 0.717) is 0 Å². The summed E-state index contributed by atoms with van der Waals surface area (Å²) in [5, 5.41) is 3.38. The molecule has 21 heavy (non-hydrogen) atoms. The maximum absolute atomic E-state index is 4.81. The highest BCUT2D eigenvalue weighted by molar-refractivity contribution is 5.58. The molecule has 0 fully saturated rings. The first-order valence-electron chi connectivity index (χ1n) is 8.54. The zero-order chi connectivity index (χ0) is 15.7. The van der Waals surface area contributed by atoms with Crippen LogP contribution in [-0.2, 0) is 6.42 Å². The fraction of sp³-hybridized carbons (Fsp3) is 0.765. The predicted molar refractivity (Wildman–Crippen MR) is 92.3 cm³/mol. The van der Waals surface area contributed by atoms with Crippen LogP contribution >= 0.6 is 0 Å². The van der Waals surface area contributed by atoms with Gasteiger partial charge in [0.2, 0.25) is 0 Å². The van der Waals surface area contributed by atoms with Gasteiger partial charge in [-0.2, -0.15) is 0 Å². The first kappa shape index (κ1) is 17.7. The van der Waals surface area contributed by atoms with Crippen molar-refractivity contribution in [3.8, 4) is 0 Å². The Hall–Kier alpha value is -1.32. The summed E-state index contributed by atoms with van der Waals surface area (Å²) in [5.74, 6) is 3.06. The molecule has 1 aromatic heterocycles. The van der Waals surface area contributed by atoms with Crippen LogP contribution in [0.5, 0.6) is 0 Å². The van der Waals surface area contributed by atoms with E-state index in [4.69, 9.17) is 4.98 Å². The van der Waals surface area contributed by atoms with Gasteiger partial charge < -0.3 is 10.2 Å². The molecule has 4 heteroatoms. The molecule has 0 bridgehead atoms. The van der Waals surface area contributed by atoms with E-state index in [2.05, 4.69) is 49.8 Å². The summed E-state index contributed by atoms with van der Waals surface area (Å²) in [4.78, 5) is 11.9. The summed E-state index contributed by atoms with van der Waals surface area (Å²) >= 11 is 0. The van der Waals surface area contributed by atoms with E-state index in [9.17, 15) is 0 Å². The van der Waals surface area contributed by atoms with Gasteiger partial charge in [-0.05, 0) is 26.7 Å². The lowest BCUT2D eigenvalue weighted by molar-refractivity contribution is 0.666. The lowest BCUT2D eigenvalue weighted by Crippen LogP contribution is -2.28. The van der Waals surface area contributed by atoms with Crippen LogP contribution in [0.15, 0.2) is 0 Å². The lowest BCUT2D eigenvalue weighted by Gasteiger charge is -2.26. The van der Waals surface area contributed by atoms with Crippen molar-refractivity contribution < 1.29 is 0 Å². The third-order valence-electron chi connectivity index (χ3n) is 3.69. The number of aryl methyl sites for hydroxylation is 1. The second-order valence-electron chi connectivity index (χ2n) is 5.52. The minimum absolute atomic E-state index is 0.876.